The van der Waals surface area contributed by atoms with E-state index in [-0.39, 0.29) is 12.2 Å². The van der Waals surface area contributed by atoms with Crippen LogP contribution >= 0.6 is 0 Å². The number of rotatable bonds is 7. The van der Waals surface area contributed by atoms with Crippen LogP contribution in [0, 0.1) is 5.92 Å². The molecule has 25 heavy (non-hydrogen) atoms. The third-order valence-corrected chi connectivity index (χ3v) is 4.63. The first-order chi connectivity index (χ1) is 12.2. The van der Waals surface area contributed by atoms with Gasteiger partial charge in [0, 0.05) is 0 Å². The molecule has 2 aromatic carbocycles. The maximum atomic E-state index is 11.5. The van der Waals surface area contributed by atoms with Crippen molar-refractivity contribution in [3.63, 3.8) is 0 Å². The maximum absolute atomic E-state index is 11.5. The van der Waals surface area contributed by atoms with E-state index in [1.165, 1.54) is 0 Å². The zero-order valence-electron chi connectivity index (χ0n) is 14.2. The molecule has 1 N–H and O–H groups in total. The SMILES string of the molecule is O=C(O)C1CC(OCc2ccccc2)CC(OCc2ccccc2)C1. The van der Waals surface area contributed by atoms with Gasteiger partial charge in [-0.05, 0) is 30.4 Å². The smallest absolute Gasteiger partial charge is 0.306 e. The lowest BCUT2D eigenvalue weighted by atomic mass is 9.85. The van der Waals surface area contributed by atoms with Crippen LogP contribution in [0.2, 0.25) is 0 Å². The van der Waals surface area contributed by atoms with Crippen LogP contribution in [0.4, 0.5) is 0 Å². The Morgan fingerprint density at radius 2 is 1.24 bits per heavy atom. The van der Waals surface area contributed by atoms with E-state index in [0.29, 0.717) is 26.1 Å². The Kier molecular flexibility index (Phi) is 6.20. The average Bonchev–Trinajstić information content (AvgIpc) is 2.66. The Morgan fingerprint density at radius 1 is 0.800 bits per heavy atom. The third kappa shape index (κ3) is 5.41. The molecule has 2 aromatic rings. The first-order valence-electron chi connectivity index (χ1n) is 8.74. The molecule has 1 aliphatic rings. The number of carbonyl (C=O) groups is 1. The Morgan fingerprint density at radius 3 is 1.64 bits per heavy atom. The zero-order valence-corrected chi connectivity index (χ0v) is 14.2. The van der Waals surface area contributed by atoms with Gasteiger partial charge in [-0.15, -0.1) is 0 Å². The summed E-state index contributed by atoms with van der Waals surface area (Å²) in [6.45, 7) is 1.01. The Hall–Kier alpha value is -2.17. The highest BCUT2D eigenvalue weighted by molar-refractivity contribution is 5.70. The van der Waals surface area contributed by atoms with Gasteiger partial charge in [-0.3, -0.25) is 4.79 Å². The van der Waals surface area contributed by atoms with Crippen LogP contribution in [0.3, 0.4) is 0 Å². The van der Waals surface area contributed by atoms with Crippen molar-refractivity contribution < 1.29 is 19.4 Å². The predicted octanol–water partition coefficient (Wildman–Crippen LogP) is 4.04. The fraction of sp³-hybridized carbons (Fsp3) is 0.381. The largest absolute Gasteiger partial charge is 0.481 e. The van der Waals surface area contributed by atoms with E-state index in [1.54, 1.807) is 0 Å². The van der Waals surface area contributed by atoms with Crippen LogP contribution in [0.25, 0.3) is 0 Å². The van der Waals surface area contributed by atoms with Gasteiger partial charge in [0.25, 0.3) is 0 Å². The van der Waals surface area contributed by atoms with Crippen LogP contribution in [0.5, 0.6) is 0 Å². The number of carboxylic acid groups (broad SMARTS) is 1. The molecule has 1 aliphatic carbocycles. The van der Waals surface area contributed by atoms with Crippen LogP contribution in [0.1, 0.15) is 30.4 Å². The fourth-order valence-corrected chi connectivity index (χ4v) is 3.27. The molecular weight excluding hydrogens is 316 g/mol. The number of aliphatic carboxylic acids is 1. The van der Waals surface area contributed by atoms with Crippen LogP contribution < -0.4 is 0 Å². The highest BCUT2D eigenvalue weighted by atomic mass is 16.5. The van der Waals surface area contributed by atoms with Gasteiger partial charge in [0.05, 0.1) is 31.3 Å². The molecule has 0 saturated heterocycles. The standard InChI is InChI=1S/C21H24O4/c22-21(23)18-11-19(24-14-16-7-3-1-4-8-16)13-20(12-18)25-15-17-9-5-2-6-10-17/h1-10,18-20H,11-15H2,(H,22,23). The lowest BCUT2D eigenvalue weighted by molar-refractivity contribution is -0.149. The molecule has 1 saturated carbocycles. The molecule has 0 heterocycles. The minimum absolute atomic E-state index is 0.0872. The molecule has 1 fully saturated rings. The summed E-state index contributed by atoms with van der Waals surface area (Å²) in [6, 6.07) is 19.9. The summed E-state index contributed by atoms with van der Waals surface area (Å²) in [4.78, 5) is 11.5. The summed E-state index contributed by atoms with van der Waals surface area (Å²) >= 11 is 0. The summed E-state index contributed by atoms with van der Waals surface area (Å²) in [5, 5.41) is 9.43. The lowest BCUT2D eigenvalue weighted by Gasteiger charge is -2.33. The summed E-state index contributed by atoms with van der Waals surface area (Å²) in [7, 11) is 0. The molecule has 0 bridgehead atoms. The second-order valence-corrected chi connectivity index (χ2v) is 6.58. The second kappa shape index (κ2) is 8.79. The number of hydrogen-bond donors (Lipinski definition) is 1. The maximum Gasteiger partial charge on any atom is 0.306 e. The molecule has 132 valence electrons. The molecule has 4 heteroatoms. The first-order valence-corrected chi connectivity index (χ1v) is 8.74. The molecule has 3 rings (SSSR count). The van der Waals surface area contributed by atoms with Crippen molar-refractivity contribution >= 4 is 5.97 Å². The van der Waals surface area contributed by atoms with Gasteiger partial charge < -0.3 is 14.6 Å². The van der Waals surface area contributed by atoms with Gasteiger partial charge in [0.15, 0.2) is 0 Å². The molecule has 2 unspecified atom stereocenters. The number of benzene rings is 2. The van der Waals surface area contributed by atoms with Crippen molar-refractivity contribution in [2.24, 2.45) is 5.92 Å². The summed E-state index contributed by atoms with van der Waals surface area (Å²) < 4.78 is 12.0. The quantitative estimate of drug-likeness (QED) is 0.826. The van der Waals surface area contributed by atoms with Gasteiger partial charge in [0.1, 0.15) is 0 Å². The molecule has 0 spiro atoms. The van der Waals surface area contributed by atoms with Gasteiger partial charge >= 0.3 is 5.97 Å². The van der Waals surface area contributed by atoms with Crippen molar-refractivity contribution in [1.82, 2.24) is 0 Å². The number of carboxylic acids is 1. The van der Waals surface area contributed by atoms with Crippen LogP contribution in [-0.4, -0.2) is 23.3 Å². The first kappa shape index (κ1) is 17.6. The van der Waals surface area contributed by atoms with E-state index in [9.17, 15) is 9.90 Å². The molecule has 0 aromatic heterocycles. The molecular formula is C21H24O4. The van der Waals surface area contributed by atoms with E-state index in [2.05, 4.69) is 0 Å². The molecule has 0 radical (unpaired) electrons. The highest BCUT2D eigenvalue weighted by Gasteiger charge is 2.34. The summed E-state index contributed by atoms with van der Waals surface area (Å²) in [5.41, 5.74) is 2.20. The lowest BCUT2D eigenvalue weighted by Crippen LogP contribution is -2.36. The molecule has 4 nitrogen and oxygen atoms in total. The Labute approximate surface area is 148 Å². The minimum atomic E-state index is -0.763. The van der Waals surface area contributed by atoms with Crippen molar-refractivity contribution in [2.45, 2.75) is 44.7 Å². The Balaban J connectivity index is 1.56. The fourth-order valence-electron chi connectivity index (χ4n) is 3.27. The molecule has 0 aliphatic heterocycles. The van der Waals surface area contributed by atoms with Crippen LogP contribution in [0.15, 0.2) is 60.7 Å². The van der Waals surface area contributed by atoms with Crippen LogP contribution in [-0.2, 0) is 27.5 Å². The monoisotopic (exact) mass is 340 g/mol. The molecule has 0 amide bonds. The normalized spacial score (nSPS) is 23.3. The third-order valence-electron chi connectivity index (χ3n) is 4.63. The van der Waals surface area contributed by atoms with E-state index in [4.69, 9.17) is 9.47 Å². The Bertz CT molecular complexity index is 605. The van der Waals surface area contributed by atoms with Gasteiger partial charge in [0.2, 0.25) is 0 Å². The number of ether oxygens (including phenoxy) is 2. The zero-order chi connectivity index (χ0) is 17.5. The summed E-state index contributed by atoms with van der Waals surface area (Å²) in [6.07, 6.45) is 1.66. The topological polar surface area (TPSA) is 55.8 Å². The van der Waals surface area contributed by atoms with Crippen molar-refractivity contribution in [1.29, 1.82) is 0 Å². The van der Waals surface area contributed by atoms with E-state index >= 15 is 0 Å². The van der Waals surface area contributed by atoms with Gasteiger partial charge in [-0.1, -0.05) is 60.7 Å². The van der Waals surface area contributed by atoms with E-state index < -0.39 is 11.9 Å². The van der Waals surface area contributed by atoms with Gasteiger partial charge in [-0.25, -0.2) is 0 Å². The van der Waals surface area contributed by atoms with E-state index in [1.807, 2.05) is 60.7 Å². The molecule has 2 atom stereocenters. The van der Waals surface area contributed by atoms with Gasteiger partial charge in [-0.2, -0.15) is 0 Å². The summed E-state index contributed by atoms with van der Waals surface area (Å²) in [5.74, 6) is -1.17. The highest BCUT2D eigenvalue weighted by Crippen LogP contribution is 2.30. The van der Waals surface area contributed by atoms with Crippen molar-refractivity contribution in [3.05, 3.63) is 71.8 Å². The van der Waals surface area contributed by atoms with Crippen molar-refractivity contribution in [2.75, 3.05) is 0 Å². The second-order valence-electron chi connectivity index (χ2n) is 6.58. The minimum Gasteiger partial charge on any atom is -0.481 e. The number of hydrogen-bond acceptors (Lipinski definition) is 3. The predicted molar refractivity (Wildman–Crippen MR) is 95.0 cm³/mol. The van der Waals surface area contributed by atoms with E-state index in [0.717, 1.165) is 17.5 Å². The van der Waals surface area contributed by atoms with Crippen molar-refractivity contribution in [3.8, 4) is 0 Å². The average molecular weight is 340 g/mol.